The first-order valence-corrected chi connectivity index (χ1v) is 9.07. The lowest BCUT2D eigenvalue weighted by molar-refractivity contribution is 0.415. The maximum atomic E-state index is 5.35. The zero-order chi connectivity index (χ0) is 19.2. The van der Waals surface area contributed by atoms with Crippen molar-refractivity contribution in [2.24, 2.45) is 0 Å². The minimum atomic E-state index is -0.116. The van der Waals surface area contributed by atoms with Gasteiger partial charge in [-0.15, -0.1) is 0 Å². The van der Waals surface area contributed by atoms with E-state index in [2.05, 4.69) is 56.9 Å². The molecule has 27 heavy (non-hydrogen) atoms. The summed E-state index contributed by atoms with van der Waals surface area (Å²) >= 11 is 0. The van der Waals surface area contributed by atoms with Gasteiger partial charge in [0.15, 0.2) is 5.65 Å². The van der Waals surface area contributed by atoms with Gasteiger partial charge in [-0.2, -0.15) is 5.10 Å². The molecule has 0 fully saturated rings. The van der Waals surface area contributed by atoms with Crippen molar-refractivity contribution in [1.82, 2.24) is 19.7 Å². The molecule has 5 heteroatoms. The van der Waals surface area contributed by atoms with Crippen LogP contribution < -0.4 is 4.74 Å². The lowest BCUT2D eigenvalue weighted by Crippen LogP contribution is -2.13. The smallest absolute Gasteiger partial charge is 0.161 e. The molecule has 138 valence electrons. The average Bonchev–Trinajstić information content (AvgIpc) is 3.21. The molecule has 0 aliphatic carbocycles. The van der Waals surface area contributed by atoms with Gasteiger partial charge in [-0.1, -0.05) is 50.6 Å². The number of hydrogen-bond acceptors (Lipinski definition) is 3. The van der Waals surface area contributed by atoms with Gasteiger partial charge in [-0.3, -0.25) is 0 Å². The average molecular weight is 360 g/mol. The van der Waals surface area contributed by atoms with Crippen LogP contribution in [0.15, 0.2) is 48.5 Å². The van der Waals surface area contributed by atoms with E-state index in [9.17, 15) is 0 Å². The van der Waals surface area contributed by atoms with E-state index in [4.69, 9.17) is 14.8 Å². The molecule has 2 heterocycles. The van der Waals surface area contributed by atoms with Crippen LogP contribution in [-0.4, -0.2) is 26.9 Å². The van der Waals surface area contributed by atoms with Crippen molar-refractivity contribution < 1.29 is 4.74 Å². The van der Waals surface area contributed by atoms with Crippen LogP contribution in [0.3, 0.4) is 0 Å². The summed E-state index contributed by atoms with van der Waals surface area (Å²) in [6, 6.07) is 16.3. The number of nitrogens with one attached hydrogen (secondary N) is 1. The van der Waals surface area contributed by atoms with Gasteiger partial charge in [0.05, 0.1) is 18.5 Å². The Morgan fingerprint density at radius 3 is 2.44 bits per heavy atom. The zero-order valence-corrected chi connectivity index (χ0v) is 16.4. The van der Waals surface area contributed by atoms with Gasteiger partial charge in [-0.25, -0.2) is 9.67 Å². The van der Waals surface area contributed by atoms with Crippen LogP contribution in [-0.2, 0) is 5.41 Å². The van der Waals surface area contributed by atoms with Crippen LogP contribution in [0.25, 0.3) is 28.2 Å². The number of rotatable bonds is 3. The molecule has 5 nitrogen and oxygen atoms in total. The van der Waals surface area contributed by atoms with Gasteiger partial charge < -0.3 is 9.72 Å². The van der Waals surface area contributed by atoms with Crippen LogP contribution >= 0.6 is 0 Å². The number of aromatic nitrogens is 4. The van der Waals surface area contributed by atoms with Gasteiger partial charge in [0.2, 0.25) is 0 Å². The lowest BCUT2D eigenvalue weighted by Gasteiger charge is -2.14. The van der Waals surface area contributed by atoms with Crippen LogP contribution in [0.1, 0.15) is 32.0 Å². The third kappa shape index (κ3) is 3.10. The second-order valence-corrected chi connectivity index (χ2v) is 7.86. The highest BCUT2D eigenvalue weighted by Gasteiger charge is 2.26. The molecule has 0 unspecified atom stereocenters. The first kappa shape index (κ1) is 17.3. The fourth-order valence-electron chi connectivity index (χ4n) is 3.16. The number of aryl methyl sites for hydroxylation is 1. The molecule has 0 spiro atoms. The molecule has 0 aliphatic rings. The number of methoxy groups -OCH3 is 1. The molecule has 2 aromatic carbocycles. The molecule has 0 saturated heterocycles. The molecule has 1 N–H and O–H groups in total. The molecule has 0 amide bonds. The molecule has 4 aromatic rings. The summed E-state index contributed by atoms with van der Waals surface area (Å²) in [6.07, 6.45) is 0. The van der Waals surface area contributed by atoms with E-state index in [1.165, 1.54) is 5.56 Å². The van der Waals surface area contributed by atoms with Crippen LogP contribution in [0.5, 0.6) is 5.75 Å². The predicted octanol–water partition coefficient (Wildman–Crippen LogP) is 5.03. The van der Waals surface area contributed by atoms with Crippen molar-refractivity contribution in [2.45, 2.75) is 33.1 Å². The molecule has 0 atom stereocenters. The van der Waals surface area contributed by atoms with Crippen molar-refractivity contribution in [3.8, 4) is 22.8 Å². The van der Waals surface area contributed by atoms with Crippen LogP contribution in [0.4, 0.5) is 0 Å². The Morgan fingerprint density at radius 1 is 1.04 bits per heavy atom. The van der Waals surface area contributed by atoms with Gasteiger partial charge in [0.25, 0.3) is 0 Å². The number of hydrogen-bond donors (Lipinski definition) is 1. The second-order valence-electron chi connectivity index (χ2n) is 7.86. The van der Waals surface area contributed by atoms with E-state index < -0.39 is 0 Å². The Morgan fingerprint density at radius 2 is 1.78 bits per heavy atom. The Balaban J connectivity index is 1.94. The van der Waals surface area contributed by atoms with E-state index >= 15 is 0 Å². The highest BCUT2D eigenvalue weighted by atomic mass is 16.5. The van der Waals surface area contributed by atoms with Crippen molar-refractivity contribution in [1.29, 1.82) is 0 Å². The third-order valence-electron chi connectivity index (χ3n) is 4.65. The Kier molecular flexibility index (Phi) is 4.02. The molecule has 0 aliphatic heterocycles. The van der Waals surface area contributed by atoms with Crippen molar-refractivity contribution in [3.63, 3.8) is 0 Å². The summed E-state index contributed by atoms with van der Waals surface area (Å²) < 4.78 is 7.31. The largest absolute Gasteiger partial charge is 0.497 e. The number of ether oxygens (including phenoxy) is 1. The molecular formula is C22H24N4O. The van der Waals surface area contributed by atoms with E-state index in [1.807, 2.05) is 28.9 Å². The molecule has 0 saturated carbocycles. The number of imidazole rings is 1. The SMILES string of the molecule is COc1cccc(-c2nc3c(C(C)(C)C)nn(-c4ccc(C)cc4)c3[nH]2)c1. The fourth-order valence-corrected chi connectivity index (χ4v) is 3.16. The van der Waals surface area contributed by atoms with Gasteiger partial charge in [0, 0.05) is 11.0 Å². The minimum Gasteiger partial charge on any atom is -0.497 e. The summed E-state index contributed by atoms with van der Waals surface area (Å²) in [7, 11) is 1.67. The quantitative estimate of drug-likeness (QED) is 0.557. The molecule has 0 radical (unpaired) electrons. The predicted molar refractivity (Wildman–Crippen MR) is 109 cm³/mol. The summed E-state index contributed by atoms with van der Waals surface area (Å²) in [5.74, 6) is 1.62. The maximum Gasteiger partial charge on any atom is 0.161 e. The fraction of sp³-hybridized carbons (Fsp3) is 0.273. The Hall–Kier alpha value is -3.08. The number of fused-ring (bicyclic) bond motifs is 1. The highest BCUT2D eigenvalue weighted by molar-refractivity contribution is 5.81. The Bertz CT molecular complexity index is 1100. The van der Waals surface area contributed by atoms with Crippen molar-refractivity contribution in [2.75, 3.05) is 7.11 Å². The highest BCUT2D eigenvalue weighted by Crippen LogP contribution is 2.32. The van der Waals surface area contributed by atoms with E-state index in [-0.39, 0.29) is 5.41 Å². The van der Waals surface area contributed by atoms with E-state index in [0.29, 0.717) is 0 Å². The third-order valence-corrected chi connectivity index (χ3v) is 4.65. The van der Waals surface area contributed by atoms with Gasteiger partial charge in [-0.05, 0) is 31.2 Å². The van der Waals surface area contributed by atoms with Gasteiger partial charge >= 0.3 is 0 Å². The van der Waals surface area contributed by atoms with E-state index in [1.54, 1.807) is 7.11 Å². The first-order chi connectivity index (χ1) is 12.9. The van der Waals surface area contributed by atoms with Crippen molar-refractivity contribution >= 4 is 11.2 Å². The molecule has 4 rings (SSSR count). The molecule has 2 aromatic heterocycles. The first-order valence-electron chi connectivity index (χ1n) is 9.07. The topological polar surface area (TPSA) is 55.7 Å². The maximum absolute atomic E-state index is 5.35. The normalized spacial score (nSPS) is 11.9. The number of benzene rings is 2. The number of nitrogens with zero attached hydrogens (tertiary/aromatic N) is 3. The second kappa shape index (κ2) is 6.27. The van der Waals surface area contributed by atoms with Crippen LogP contribution in [0.2, 0.25) is 0 Å². The zero-order valence-electron chi connectivity index (χ0n) is 16.4. The monoisotopic (exact) mass is 360 g/mol. The summed E-state index contributed by atoms with van der Waals surface area (Å²) in [6.45, 7) is 8.57. The summed E-state index contributed by atoms with van der Waals surface area (Å²) in [5, 5.41) is 4.89. The summed E-state index contributed by atoms with van der Waals surface area (Å²) in [4.78, 5) is 8.37. The minimum absolute atomic E-state index is 0.116. The number of aromatic amines is 1. The summed E-state index contributed by atoms with van der Waals surface area (Å²) in [5.41, 5.74) is 5.89. The molecule has 0 bridgehead atoms. The van der Waals surface area contributed by atoms with E-state index in [0.717, 1.165) is 39.7 Å². The Labute approximate surface area is 159 Å². The van der Waals surface area contributed by atoms with Crippen LogP contribution in [0, 0.1) is 6.92 Å². The standard InChI is InChI=1S/C22H24N4O/c1-14-9-11-16(12-10-14)26-21-18(19(25-26)22(2,3)4)23-20(24-21)15-7-6-8-17(13-15)27-5/h6-13H,1-5H3,(H,23,24). The van der Waals surface area contributed by atoms with Gasteiger partial charge in [0.1, 0.15) is 17.1 Å². The molecular weight excluding hydrogens is 336 g/mol. The van der Waals surface area contributed by atoms with Crippen molar-refractivity contribution in [3.05, 3.63) is 59.8 Å². The lowest BCUT2D eigenvalue weighted by atomic mass is 9.92. The number of H-pyrrole nitrogens is 1.